The van der Waals surface area contributed by atoms with Crippen molar-refractivity contribution in [2.24, 2.45) is 5.41 Å². The van der Waals surface area contributed by atoms with E-state index in [9.17, 15) is 4.79 Å². The number of hydrogen-bond acceptors (Lipinski definition) is 5. The zero-order valence-corrected chi connectivity index (χ0v) is 14.7. The quantitative estimate of drug-likeness (QED) is 0.904. The molecule has 6 nitrogen and oxygen atoms in total. The standard InChI is InChI=1S/C19H23N3O3/c1-20-16(23)10-15-21-17(25-22-15)19(11-18(12-19)8-3-9-18)13-4-6-14(24-2)7-5-13/h4-7H,3,8-12H2,1-2H3,(H,20,23). The van der Waals surface area contributed by atoms with Crippen LogP contribution in [0.2, 0.25) is 0 Å². The molecule has 0 radical (unpaired) electrons. The fourth-order valence-electron chi connectivity index (χ4n) is 4.40. The summed E-state index contributed by atoms with van der Waals surface area (Å²) in [6, 6.07) is 8.13. The molecule has 1 aromatic heterocycles. The molecule has 0 unspecified atom stereocenters. The number of nitrogens with zero attached hydrogens (tertiary/aromatic N) is 2. The highest BCUT2D eigenvalue weighted by Gasteiger charge is 2.61. The Kier molecular flexibility index (Phi) is 3.78. The minimum absolute atomic E-state index is 0.116. The van der Waals surface area contributed by atoms with E-state index < -0.39 is 0 Å². The van der Waals surface area contributed by atoms with E-state index in [1.165, 1.54) is 24.8 Å². The van der Waals surface area contributed by atoms with Gasteiger partial charge in [-0.15, -0.1) is 0 Å². The van der Waals surface area contributed by atoms with Crippen molar-refractivity contribution in [3.8, 4) is 5.75 Å². The second-order valence-electron chi connectivity index (χ2n) is 7.38. The molecule has 2 aliphatic rings. The monoisotopic (exact) mass is 341 g/mol. The van der Waals surface area contributed by atoms with Crippen LogP contribution in [0.1, 0.15) is 49.4 Å². The Morgan fingerprint density at radius 2 is 2.00 bits per heavy atom. The van der Waals surface area contributed by atoms with Crippen LogP contribution in [0.3, 0.4) is 0 Å². The second-order valence-corrected chi connectivity index (χ2v) is 7.38. The summed E-state index contributed by atoms with van der Waals surface area (Å²) in [6.07, 6.45) is 6.09. The Hall–Kier alpha value is -2.37. The molecule has 0 atom stereocenters. The van der Waals surface area contributed by atoms with Crippen molar-refractivity contribution in [1.29, 1.82) is 0 Å². The van der Waals surface area contributed by atoms with E-state index in [0.29, 0.717) is 17.1 Å². The summed E-state index contributed by atoms with van der Waals surface area (Å²) < 4.78 is 10.9. The van der Waals surface area contributed by atoms with Crippen molar-refractivity contribution in [1.82, 2.24) is 15.5 Å². The molecule has 2 aromatic rings. The summed E-state index contributed by atoms with van der Waals surface area (Å²) in [5.41, 5.74) is 1.39. The number of aromatic nitrogens is 2. The van der Waals surface area contributed by atoms with Crippen molar-refractivity contribution < 1.29 is 14.1 Å². The van der Waals surface area contributed by atoms with E-state index in [0.717, 1.165) is 18.6 Å². The van der Waals surface area contributed by atoms with Crippen molar-refractivity contribution in [2.75, 3.05) is 14.2 Å². The lowest BCUT2D eigenvalue weighted by Gasteiger charge is -2.59. The van der Waals surface area contributed by atoms with E-state index in [1.807, 2.05) is 12.1 Å². The lowest BCUT2D eigenvalue weighted by molar-refractivity contribution is -0.120. The summed E-state index contributed by atoms with van der Waals surface area (Å²) in [6.45, 7) is 0. The molecule has 25 heavy (non-hydrogen) atoms. The second kappa shape index (κ2) is 5.86. The average molecular weight is 341 g/mol. The van der Waals surface area contributed by atoms with Crippen molar-refractivity contribution in [3.05, 3.63) is 41.5 Å². The Morgan fingerprint density at radius 1 is 1.28 bits per heavy atom. The van der Waals surface area contributed by atoms with Gasteiger partial charge in [-0.1, -0.05) is 23.7 Å². The molecule has 0 aliphatic heterocycles. The molecule has 1 spiro atoms. The van der Waals surface area contributed by atoms with Crippen LogP contribution in [0.15, 0.2) is 28.8 Å². The molecule has 0 saturated heterocycles. The van der Waals surface area contributed by atoms with Gasteiger partial charge in [0.2, 0.25) is 11.8 Å². The molecule has 0 bridgehead atoms. The van der Waals surface area contributed by atoms with Gasteiger partial charge in [0, 0.05) is 7.05 Å². The number of hydrogen-bond donors (Lipinski definition) is 1. The van der Waals surface area contributed by atoms with Crippen LogP contribution in [0.4, 0.5) is 0 Å². The molecule has 1 amide bonds. The number of carbonyl (C=O) groups excluding carboxylic acids is 1. The summed E-state index contributed by atoms with van der Waals surface area (Å²) in [5.74, 6) is 1.79. The molecule has 6 heteroatoms. The van der Waals surface area contributed by atoms with Gasteiger partial charge in [-0.2, -0.15) is 4.98 Å². The predicted octanol–water partition coefficient (Wildman–Crippen LogP) is 2.62. The van der Waals surface area contributed by atoms with Gasteiger partial charge in [0.1, 0.15) is 5.75 Å². The van der Waals surface area contributed by atoms with E-state index in [-0.39, 0.29) is 17.7 Å². The molecule has 1 heterocycles. The normalized spacial score (nSPS) is 19.8. The molecule has 1 aromatic carbocycles. The first-order valence-corrected chi connectivity index (χ1v) is 8.77. The Balaban J connectivity index is 1.65. The van der Waals surface area contributed by atoms with Gasteiger partial charge in [-0.3, -0.25) is 4.79 Å². The van der Waals surface area contributed by atoms with Crippen LogP contribution in [-0.4, -0.2) is 30.2 Å². The summed E-state index contributed by atoms with van der Waals surface area (Å²) in [5, 5.41) is 6.62. The maximum absolute atomic E-state index is 11.6. The van der Waals surface area contributed by atoms with E-state index in [1.54, 1.807) is 14.2 Å². The minimum atomic E-state index is -0.235. The first-order chi connectivity index (χ1) is 12.1. The largest absolute Gasteiger partial charge is 0.497 e. The number of nitrogens with one attached hydrogen (secondary N) is 1. The van der Waals surface area contributed by atoms with Gasteiger partial charge in [-0.25, -0.2) is 0 Å². The zero-order valence-electron chi connectivity index (χ0n) is 14.7. The summed E-state index contributed by atoms with van der Waals surface area (Å²) in [4.78, 5) is 16.1. The molecule has 132 valence electrons. The summed E-state index contributed by atoms with van der Waals surface area (Å²) >= 11 is 0. The molecule has 2 fully saturated rings. The molecule has 2 saturated carbocycles. The van der Waals surface area contributed by atoms with Gasteiger partial charge in [0.05, 0.1) is 18.9 Å². The van der Waals surface area contributed by atoms with Crippen LogP contribution in [0.5, 0.6) is 5.75 Å². The van der Waals surface area contributed by atoms with Gasteiger partial charge < -0.3 is 14.6 Å². The fraction of sp³-hybridized carbons (Fsp3) is 0.526. The lowest BCUT2D eigenvalue weighted by atomic mass is 9.43. The lowest BCUT2D eigenvalue weighted by Crippen LogP contribution is -2.53. The third kappa shape index (κ3) is 2.60. The third-order valence-electron chi connectivity index (χ3n) is 5.89. The number of benzene rings is 1. The third-order valence-corrected chi connectivity index (χ3v) is 5.89. The number of ether oxygens (including phenoxy) is 1. The number of rotatable bonds is 5. The maximum atomic E-state index is 11.6. The number of methoxy groups -OCH3 is 1. The van der Waals surface area contributed by atoms with E-state index in [2.05, 4.69) is 27.6 Å². The van der Waals surface area contributed by atoms with Crippen LogP contribution >= 0.6 is 0 Å². The van der Waals surface area contributed by atoms with E-state index in [4.69, 9.17) is 9.26 Å². The molecule has 1 N–H and O–H groups in total. The maximum Gasteiger partial charge on any atom is 0.237 e. The molecular formula is C19H23N3O3. The first-order valence-electron chi connectivity index (χ1n) is 8.77. The number of likely N-dealkylation sites (N-methyl/N-ethyl adjacent to an activating group) is 1. The van der Waals surface area contributed by atoms with Gasteiger partial charge in [0.15, 0.2) is 5.82 Å². The van der Waals surface area contributed by atoms with E-state index >= 15 is 0 Å². The van der Waals surface area contributed by atoms with Crippen LogP contribution in [0.25, 0.3) is 0 Å². The van der Waals surface area contributed by atoms with Crippen LogP contribution in [-0.2, 0) is 16.6 Å². The van der Waals surface area contributed by atoms with Gasteiger partial charge in [-0.05, 0) is 48.8 Å². The molecule has 4 rings (SSSR count). The Morgan fingerprint density at radius 3 is 2.56 bits per heavy atom. The predicted molar refractivity (Wildman–Crippen MR) is 91.4 cm³/mol. The highest BCUT2D eigenvalue weighted by molar-refractivity contribution is 5.77. The average Bonchev–Trinajstić information content (AvgIpc) is 3.02. The minimum Gasteiger partial charge on any atom is -0.497 e. The van der Waals surface area contributed by atoms with Crippen LogP contribution < -0.4 is 10.1 Å². The van der Waals surface area contributed by atoms with Gasteiger partial charge in [0.25, 0.3) is 0 Å². The topological polar surface area (TPSA) is 77.2 Å². The highest BCUT2D eigenvalue weighted by atomic mass is 16.5. The van der Waals surface area contributed by atoms with Crippen molar-refractivity contribution in [3.63, 3.8) is 0 Å². The Bertz CT molecular complexity index is 769. The van der Waals surface area contributed by atoms with Crippen molar-refractivity contribution in [2.45, 2.75) is 43.9 Å². The molecular weight excluding hydrogens is 318 g/mol. The van der Waals surface area contributed by atoms with Crippen molar-refractivity contribution >= 4 is 5.91 Å². The zero-order chi connectivity index (χ0) is 17.5. The Labute approximate surface area is 147 Å². The van der Waals surface area contributed by atoms with Gasteiger partial charge >= 0.3 is 0 Å². The SMILES string of the molecule is CNC(=O)Cc1noc(C2(c3ccc(OC)cc3)CC3(CCC3)C2)n1. The molecule has 2 aliphatic carbocycles. The number of amides is 1. The number of carbonyl (C=O) groups is 1. The first kappa shape index (κ1) is 16.1. The summed E-state index contributed by atoms with van der Waals surface area (Å²) in [7, 11) is 3.27. The smallest absolute Gasteiger partial charge is 0.237 e. The fourth-order valence-corrected chi connectivity index (χ4v) is 4.40. The highest BCUT2D eigenvalue weighted by Crippen LogP contribution is 2.66. The van der Waals surface area contributed by atoms with Crippen LogP contribution in [0, 0.1) is 5.41 Å².